The van der Waals surface area contributed by atoms with Crippen LogP contribution in [-0.2, 0) is 4.74 Å². The van der Waals surface area contributed by atoms with Crippen LogP contribution in [0.1, 0.15) is 32.1 Å². The van der Waals surface area contributed by atoms with Crippen LogP contribution in [0.2, 0.25) is 0 Å². The molecule has 1 rings (SSSR count). The maximum absolute atomic E-state index is 9.93. The zero-order valence-corrected chi connectivity index (χ0v) is 9.67. The molecular formula is C12H23NO2. The number of nitrogens with one attached hydrogen (secondary N) is 1. The molecule has 3 nitrogen and oxygen atoms in total. The predicted octanol–water partition coefficient (Wildman–Crippen LogP) is 1.47. The average Bonchev–Trinajstić information content (AvgIpc) is 2.52. The van der Waals surface area contributed by atoms with Crippen molar-refractivity contribution in [1.29, 1.82) is 0 Å². The van der Waals surface area contributed by atoms with Crippen molar-refractivity contribution >= 4 is 0 Å². The van der Waals surface area contributed by atoms with Crippen LogP contribution >= 0.6 is 0 Å². The van der Waals surface area contributed by atoms with E-state index in [1.807, 2.05) is 0 Å². The lowest BCUT2D eigenvalue weighted by Crippen LogP contribution is -2.30. The lowest BCUT2D eigenvalue weighted by atomic mass is 10.0. The first-order chi connectivity index (χ1) is 7.34. The fourth-order valence-corrected chi connectivity index (χ4v) is 1.89. The second-order valence-electron chi connectivity index (χ2n) is 4.09. The van der Waals surface area contributed by atoms with Crippen LogP contribution in [0.5, 0.6) is 0 Å². The quantitative estimate of drug-likeness (QED) is 0.518. The first kappa shape index (κ1) is 12.7. The number of hydrogen-bond acceptors (Lipinski definition) is 3. The Bertz CT molecular complexity index is 192. The Labute approximate surface area is 92.5 Å². The number of methoxy groups -OCH3 is 1. The standard InChI is InChI=1S/C12H23NO2/c1-15-9-8-13-10-12(14)11-6-4-2-3-5-7-11/h6,12-14H,2-5,7-10H2,1H3. The van der Waals surface area contributed by atoms with E-state index in [1.165, 1.54) is 24.8 Å². The van der Waals surface area contributed by atoms with Gasteiger partial charge in [0, 0.05) is 20.2 Å². The molecule has 1 aliphatic carbocycles. The van der Waals surface area contributed by atoms with Gasteiger partial charge in [-0.1, -0.05) is 12.5 Å². The minimum absolute atomic E-state index is 0.306. The van der Waals surface area contributed by atoms with Gasteiger partial charge in [0.05, 0.1) is 12.7 Å². The molecule has 2 N–H and O–H groups in total. The summed E-state index contributed by atoms with van der Waals surface area (Å²) in [7, 11) is 1.69. The van der Waals surface area contributed by atoms with Gasteiger partial charge in [-0.05, 0) is 31.3 Å². The van der Waals surface area contributed by atoms with E-state index in [4.69, 9.17) is 4.74 Å². The van der Waals surface area contributed by atoms with Gasteiger partial charge in [0.1, 0.15) is 0 Å². The fourth-order valence-electron chi connectivity index (χ4n) is 1.89. The molecule has 0 amide bonds. The Hall–Kier alpha value is -0.380. The predicted molar refractivity (Wildman–Crippen MR) is 61.9 cm³/mol. The van der Waals surface area contributed by atoms with Gasteiger partial charge in [-0.2, -0.15) is 0 Å². The lowest BCUT2D eigenvalue weighted by molar-refractivity contribution is 0.178. The Balaban J connectivity index is 2.19. The summed E-state index contributed by atoms with van der Waals surface area (Å²) >= 11 is 0. The van der Waals surface area contributed by atoms with Gasteiger partial charge in [0.2, 0.25) is 0 Å². The Morgan fingerprint density at radius 3 is 3.13 bits per heavy atom. The van der Waals surface area contributed by atoms with E-state index in [-0.39, 0.29) is 6.10 Å². The van der Waals surface area contributed by atoms with E-state index in [2.05, 4.69) is 11.4 Å². The summed E-state index contributed by atoms with van der Waals surface area (Å²) in [4.78, 5) is 0. The molecule has 3 heteroatoms. The SMILES string of the molecule is COCCNCC(O)C1=CCCCCC1. The molecule has 0 heterocycles. The molecule has 15 heavy (non-hydrogen) atoms. The average molecular weight is 213 g/mol. The highest BCUT2D eigenvalue weighted by Gasteiger charge is 2.11. The van der Waals surface area contributed by atoms with Crippen LogP contribution in [0.15, 0.2) is 11.6 Å². The monoisotopic (exact) mass is 213 g/mol. The van der Waals surface area contributed by atoms with Crippen LogP contribution in [0.4, 0.5) is 0 Å². The summed E-state index contributed by atoms with van der Waals surface area (Å²) in [6.07, 6.45) is 7.89. The summed E-state index contributed by atoms with van der Waals surface area (Å²) in [6.45, 7) is 2.15. The van der Waals surface area contributed by atoms with E-state index in [9.17, 15) is 5.11 Å². The Morgan fingerprint density at radius 1 is 1.47 bits per heavy atom. The normalized spacial score (nSPS) is 19.5. The van der Waals surface area contributed by atoms with Gasteiger partial charge >= 0.3 is 0 Å². The Morgan fingerprint density at radius 2 is 2.33 bits per heavy atom. The van der Waals surface area contributed by atoms with E-state index >= 15 is 0 Å². The molecule has 0 bridgehead atoms. The van der Waals surface area contributed by atoms with Gasteiger partial charge in [-0.15, -0.1) is 0 Å². The third kappa shape index (κ3) is 5.30. The largest absolute Gasteiger partial charge is 0.387 e. The first-order valence-electron chi connectivity index (χ1n) is 5.91. The molecule has 0 saturated carbocycles. The van der Waals surface area contributed by atoms with Gasteiger partial charge < -0.3 is 15.2 Å². The van der Waals surface area contributed by atoms with Gasteiger partial charge in [0.25, 0.3) is 0 Å². The second-order valence-corrected chi connectivity index (χ2v) is 4.09. The van der Waals surface area contributed by atoms with Crippen LogP contribution in [0, 0.1) is 0 Å². The summed E-state index contributed by atoms with van der Waals surface area (Å²) in [5, 5.41) is 13.1. The van der Waals surface area contributed by atoms with Crippen molar-refractivity contribution in [3.63, 3.8) is 0 Å². The van der Waals surface area contributed by atoms with Crippen molar-refractivity contribution in [2.24, 2.45) is 0 Å². The number of aliphatic hydroxyl groups is 1. The number of hydrogen-bond donors (Lipinski definition) is 2. The highest BCUT2D eigenvalue weighted by molar-refractivity contribution is 5.09. The van der Waals surface area contributed by atoms with Gasteiger partial charge in [0.15, 0.2) is 0 Å². The third-order valence-electron chi connectivity index (χ3n) is 2.82. The molecular weight excluding hydrogens is 190 g/mol. The lowest BCUT2D eigenvalue weighted by Gasteiger charge is -2.14. The summed E-state index contributed by atoms with van der Waals surface area (Å²) in [5.74, 6) is 0. The first-order valence-corrected chi connectivity index (χ1v) is 5.91. The topological polar surface area (TPSA) is 41.5 Å². The summed E-state index contributed by atoms with van der Waals surface area (Å²) in [6, 6.07) is 0. The van der Waals surface area contributed by atoms with Crippen molar-refractivity contribution in [3.05, 3.63) is 11.6 Å². The van der Waals surface area contributed by atoms with Crippen LogP contribution in [0.25, 0.3) is 0 Å². The highest BCUT2D eigenvalue weighted by atomic mass is 16.5. The zero-order valence-electron chi connectivity index (χ0n) is 9.67. The molecule has 0 radical (unpaired) electrons. The molecule has 0 spiro atoms. The fraction of sp³-hybridized carbons (Fsp3) is 0.833. The maximum atomic E-state index is 9.93. The summed E-state index contributed by atoms with van der Waals surface area (Å²) < 4.78 is 4.93. The smallest absolute Gasteiger partial charge is 0.0874 e. The molecule has 0 aromatic rings. The number of aliphatic hydroxyl groups excluding tert-OH is 1. The number of allylic oxidation sites excluding steroid dienone is 1. The van der Waals surface area contributed by atoms with E-state index in [1.54, 1.807) is 7.11 Å². The molecule has 0 aromatic heterocycles. The third-order valence-corrected chi connectivity index (χ3v) is 2.82. The van der Waals surface area contributed by atoms with Gasteiger partial charge in [-0.25, -0.2) is 0 Å². The van der Waals surface area contributed by atoms with E-state index in [0.29, 0.717) is 13.2 Å². The molecule has 1 unspecified atom stereocenters. The van der Waals surface area contributed by atoms with Crippen LogP contribution in [-0.4, -0.2) is 38.0 Å². The van der Waals surface area contributed by atoms with Gasteiger partial charge in [-0.3, -0.25) is 0 Å². The highest BCUT2D eigenvalue weighted by Crippen LogP contribution is 2.19. The molecule has 1 aliphatic rings. The second kappa shape index (κ2) is 7.85. The zero-order chi connectivity index (χ0) is 10.9. The molecule has 88 valence electrons. The minimum atomic E-state index is -0.306. The maximum Gasteiger partial charge on any atom is 0.0874 e. The minimum Gasteiger partial charge on any atom is -0.387 e. The molecule has 0 aliphatic heterocycles. The Kier molecular flexibility index (Phi) is 6.64. The van der Waals surface area contributed by atoms with E-state index < -0.39 is 0 Å². The molecule has 1 atom stereocenters. The summed E-state index contributed by atoms with van der Waals surface area (Å²) in [5.41, 5.74) is 1.22. The molecule has 0 aromatic carbocycles. The number of rotatable bonds is 6. The van der Waals surface area contributed by atoms with Crippen LogP contribution < -0.4 is 5.32 Å². The van der Waals surface area contributed by atoms with E-state index in [0.717, 1.165) is 19.4 Å². The van der Waals surface area contributed by atoms with Crippen molar-refractivity contribution in [3.8, 4) is 0 Å². The van der Waals surface area contributed by atoms with Crippen molar-refractivity contribution in [2.75, 3.05) is 26.8 Å². The molecule has 0 fully saturated rings. The van der Waals surface area contributed by atoms with Crippen molar-refractivity contribution < 1.29 is 9.84 Å². The van der Waals surface area contributed by atoms with Crippen molar-refractivity contribution in [2.45, 2.75) is 38.2 Å². The van der Waals surface area contributed by atoms with Crippen LogP contribution in [0.3, 0.4) is 0 Å². The molecule has 0 saturated heterocycles. The number of ether oxygens (including phenoxy) is 1. The van der Waals surface area contributed by atoms with Crippen molar-refractivity contribution in [1.82, 2.24) is 5.32 Å².